The van der Waals surface area contributed by atoms with Gasteiger partial charge in [-0.15, -0.1) is 0 Å². The zero-order valence-corrected chi connectivity index (χ0v) is 18.4. The number of H-pyrrole nitrogens is 1. The van der Waals surface area contributed by atoms with Crippen LogP contribution in [-0.2, 0) is 0 Å². The Labute approximate surface area is 189 Å². The maximum atomic E-state index is 13.9. The Kier molecular flexibility index (Phi) is 6.34. The molecule has 2 amide bonds. The molecule has 172 valence electrons. The van der Waals surface area contributed by atoms with Crippen LogP contribution in [0.15, 0.2) is 30.6 Å². The van der Waals surface area contributed by atoms with Gasteiger partial charge in [0.15, 0.2) is 11.6 Å². The standard InChI is InChI=1S/C23H25FN6O3/c1-12-16(7-8-19(31)20(12)28-23(33)17-9-10-25-11-18(17)24)22(32)27-15-5-3-14(4-6-15)21-26-13(2)29-30-21/h7-11,14-15,31H,3-6H2,1-2H3,(H,27,32)(H,28,33)(H,26,29,30). The number of hydrogen-bond donors (Lipinski definition) is 4. The van der Waals surface area contributed by atoms with E-state index in [1.807, 2.05) is 6.92 Å². The van der Waals surface area contributed by atoms with Crippen LogP contribution in [0.2, 0.25) is 0 Å². The molecule has 0 unspecified atom stereocenters. The summed E-state index contributed by atoms with van der Waals surface area (Å²) in [4.78, 5) is 33.5. The summed E-state index contributed by atoms with van der Waals surface area (Å²) in [6.45, 7) is 3.49. The summed E-state index contributed by atoms with van der Waals surface area (Å²) in [5.41, 5.74) is 0.565. The zero-order chi connectivity index (χ0) is 23.5. The number of rotatable bonds is 5. The van der Waals surface area contributed by atoms with E-state index in [9.17, 15) is 19.1 Å². The third-order valence-corrected chi connectivity index (χ3v) is 5.99. The second kappa shape index (κ2) is 9.35. The Morgan fingerprint density at radius 1 is 1.09 bits per heavy atom. The zero-order valence-electron chi connectivity index (χ0n) is 18.4. The van der Waals surface area contributed by atoms with Crippen LogP contribution in [0.4, 0.5) is 10.1 Å². The number of halogens is 1. The molecule has 3 aromatic rings. The number of carbonyl (C=O) groups excluding carboxylic acids is 2. The van der Waals surface area contributed by atoms with Gasteiger partial charge in [0.2, 0.25) is 0 Å². The van der Waals surface area contributed by atoms with Gasteiger partial charge in [0.05, 0.1) is 17.4 Å². The number of pyridine rings is 1. The van der Waals surface area contributed by atoms with Crippen LogP contribution in [0.1, 0.15) is 69.5 Å². The van der Waals surface area contributed by atoms with E-state index in [1.54, 1.807) is 6.92 Å². The molecule has 9 nitrogen and oxygen atoms in total. The minimum atomic E-state index is -0.781. The molecule has 0 saturated heterocycles. The van der Waals surface area contributed by atoms with E-state index in [0.29, 0.717) is 11.1 Å². The molecule has 33 heavy (non-hydrogen) atoms. The molecule has 1 saturated carbocycles. The highest BCUT2D eigenvalue weighted by molar-refractivity contribution is 6.07. The molecule has 1 aromatic carbocycles. The van der Waals surface area contributed by atoms with Crippen molar-refractivity contribution < 1.29 is 19.1 Å². The van der Waals surface area contributed by atoms with Gasteiger partial charge < -0.3 is 15.7 Å². The van der Waals surface area contributed by atoms with Crippen LogP contribution in [0.5, 0.6) is 5.75 Å². The summed E-state index contributed by atoms with van der Waals surface area (Å²) in [5.74, 6) is -0.155. The van der Waals surface area contributed by atoms with Gasteiger partial charge >= 0.3 is 0 Å². The average molecular weight is 452 g/mol. The second-order valence-electron chi connectivity index (χ2n) is 8.24. The number of phenolic OH excluding ortho intramolecular Hbond substituents is 1. The monoisotopic (exact) mass is 452 g/mol. The summed E-state index contributed by atoms with van der Waals surface area (Å²) in [6.07, 6.45) is 5.57. The summed E-state index contributed by atoms with van der Waals surface area (Å²) >= 11 is 0. The minimum absolute atomic E-state index is 0.00551. The number of anilines is 1. The van der Waals surface area contributed by atoms with Crippen LogP contribution in [0.3, 0.4) is 0 Å². The molecule has 0 spiro atoms. The van der Waals surface area contributed by atoms with E-state index in [4.69, 9.17) is 0 Å². The van der Waals surface area contributed by atoms with Crippen molar-refractivity contribution in [3.63, 3.8) is 0 Å². The summed E-state index contributed by atoms with van der Waals surface area (Å²) in [6, 6.07) is 4.09. The number of hydrogen-bond acceptors (Lipinski definition) is 6. The highest BCUT2D eigenvalue weighted by Gasteiger charge is 2.27. The third-order valence-electron chi connectivity index (χ3n) is 5.99. The molecule has 2 aromatic heterocycles. The molecule has 0 aliphatic heterocycles. The molecule has 4 N–H and O–H groups in total. The van der Waals surface area contributed by atoms with Crippen molar-refractivity contribution in [1.29, 1.82) is 0 Å². The van der Waals surface area contributed by atoms with Gasteiger partial charge in [-0.1, -0.05) is 0 Å². The van der Waals surface area contributed by atoms with Crippen molar-refractivity contribution in [2.75, 3.05) is 5.32 Å². The average Bonchev–Trinajstić information content (AvgIpc) is 3.23. The van der Waals surface area contributed by atoms with E-state index in [2.05, 4.69) is 30.8 Å². The lowest BCUT2D eigenvalue weighted by Crippen LogP contribution is -2.37. The van der Waals surface area contributed by atoms with E-state index in [0.717, 1.165) is 43.5 Å². The number of aromatic hydroxyl groups is 1. The predicted octanol–water partition coefficient (Wildman–Crippen LogP) is 3.37. The van der Waals surface area contributed by atoms with Crippen LogP contribution in [-0.4, -0.2) is 43.1 Å². The fourth-order valence-electron chi connectivity index (χ4n) is 4.14. The fraction of sp³-hybridized carbons (Fsp3) is 0.348. The number of aromatic amines is 1. The number of nitrogens with zero attached hydrogens (tertiary/aromatic N) is 3. The molecule has 1 aliphatic carbocycles. The van der Waals surface area contributed by atoms with Crippen molar-refractivity contribution in [3.8, 4) is 5.75 Å². The summed E-state index contributed by atoms with van der Waals surface area (Å²) < 4.78 is 13.9. The smallest absolute Gasteiger partial charge is 0.258 e. The highest BCUT2D eigenvalue weighted by atomic mass is 19.1. The van der Waals surface area contributed by atoms with Crippen LogP contribution >= 0.6 is 0 Å². The van der Waals surface area contributed by atoms with Gasteiger partial charge in [0.1, 0.15) is 11.6 Å². The van der Waals surface area contributed by atoms with Crippen LogP contribution < -0.4 is 10.6 Å². The Morgan fingerprint density at radius 3 is 2.52 bits per heavy atom. The van der Waals surface area contributed by atoms with Gasteiger partial charge in [-0.25, -0.2) is 9.37 Å². The lowest BCUT2D eigenvalue weighted by atomic mass is 9.85. The topological polar surface area (TPSA) is 133 Å². The molecular formula is C23H25FN6O3. The number of aryl methyl sites for hydroxylation is 1. The molecular weight excluding hydrogens is 427 g/mol. The maximum Gasteiger partial charge on any atom is 0.258 e. The van der Waals surface area contributed by atoms with Crippen molar-refractivity contribution in [2.24, 2.45) is 0 Å². The summed E-state index contributed by atoms with van der Waals surface area (Å²) in [5, 5.41) is 22.9. The molecule has 0 radical (unpaired) electrons. The van der Waals surface area contributed by atoms with E-state index >= 15 is 0 Å². The number of benzene rings is 1. The number of phenols is 1. The third kappa shape index (κ3) is 4.84. The Morgan fingerprint density at radius 2 is 1.85 bits per heavy atom. The van der Waals surface area contributed by atoms with E-state index < -0.39 is 11.7 Å². The van der Waals surface area contributed by atoms with Gasteiger partial charge in [-0.05, 0) is 63.3 Å². The molecule has 1 aliphatic rings. The summed E-state index contributed by atoms with van der Waals surface area (Å²) in [7, 11) is 0. The molecule has 4 rings (SSSR count). The minimum Gasteiger partial charge on any atom is -0.506 e. The van der Waals surface area contributed by atoms with Crippen molar-refractivity contribution in [2.45, 2.75) is 51.5 Å². The maximum absolute atomic E-state index is 13.9. The quantitative estimate of drug-likeness (QED) is 0.439. The SMILES string of the molecule is Cc1nc(C2CCC(NC(=O)c3ccc(O)c(NC(=O)c4ccncc4F)c3C)CC2)n[nH]1. The number of amides is 2. The lowest BCUT2D eigenvalue weighted by Gasteiger charge is -2.28. The Hall–Kier alpha value is -3.82. The predicted molar refractivity (Wildman–Crippen MR) is 119 cm³/mol. The van der Waals surface area contributed by atoms with E-state index in [1.165, 1.54) is 24.4 Å². The number of aromatic nitrogens is 4. The molecule has 2 heterocycles. The Bertz CT molecular complexity index is 1190. The largest absolute Gasteiger partial charge is 0.506 e. The number of nitrogens with one attached hydrogen (secondary N) is 3. The molecule has 0 bridgehead atoms. The first kappa shape index (κ1) is 22.4. The first-order valence-corrected chi connectivity index (χ1v) is 10.8. The molecule has 0 atom stereocenters. The van der Waals surface area contributed by atoms with Gasteiger partial charge in [-0.2, -0.15) is 5.10 Å². The van der Waals surface area contributed by atoms with Crippen molar-refractivity contribution in [3.05, 3.63) is 64.7 Å². The molecule has 1 fully saturated rings. The fourth-order valence-corrected chi connectivity index (χ4v) is 4.14. The van der Waals surface area contributed by atoms with Gasteiger partial charge in [0, 0.05) is 23.7 Å². The normalized spacial score (nSPS) is 18.0. The van der Waals surface area contributed by atoms with Crippen LogP contribution in [0.25, 0.3) is 0 Å². The Balaban J connectivity index is 1.43. The van der Waals surface area contributed by atoms with E-state index in [-0.39, 0.29) is 34.9 Å². The lowest BCUT2D eigenvalue weighted by molar-refractivity contribution is 0.0923. The van der Waals surface area contributed by atoms with Gasteiger partial charge in [0.25, 0.3) is 11.8 Å². The number of carbonyl (C=O) groups is 2. The molecule has 10 heteroatoms. The van der Waals surface area contributed by atoms with Crippen molar-refractivity contribution >= 4 is 17.5 Å². The van der Waals surface area contributed by atoms with Crippen LogP contribution in [0, 0.1) is 19.7 Å². The highest BCUT2D eigenvalue weighted by Crippen LogP contribution is 2.33. The second-order valence-corrected chi connectivity index (χ2v) is 8.24. The van der Waals surface area contributed by atoms with Gasteiger partial charge in [-0.3, -0.25) is 19.7 Å². The van der Waals surface area contributed by atoms with Crippen molar-refractivity contribution in [1.82, 2.24) is 25.5 Å². The first-order valence-electron chi connectivity index (χ1n) is 10.8. The first-order chi connectivity index (χ1) is 15.8.